The number of halogens is 1. The first-order chi connectivity index (χ1) is 11.4. The van der Waals surface area contributed by atoms with Gasteiger partial charge in [0.1, 0.15) is 11.4 Å². The van der Waals surface area contributed by atoms with E-state index in [-0.39, 0.29) is 5.91 Å². The maximum atomic E-state index is 12.4. The molecule has 1 unspecified atom stereocenters. The number of anilines is 2. The molecule has 2 aromatic rings. The molecule has 0 saturated heterocycles. The predicted molar refractivity (Wildman–Crippen MR) is 98.3 cm³/mol. The number of rotatable bonds is 6. The largest absolute Gasteiger partial charge is 0.495 e. The molecule has 6 heteroatoms. The van der Waals surface area contributed by atoms with E-state index in [2.05, 4.69) is 29.5 Å². The zero-order valence-electron chi connectivity index (χ0n) is 14.3. The fourth-order valence-corrected chi connectivity index (χ4v) is 2.27. The van der Waals surface area contributed by atoms with E-state index in [1.807, 2.05) is 13.0 Å². The van der Waals surface area contributed by atoms with Crippen molar-refractivity contribution in [3.8, 4) is 5.75 Å². The van der Waals surface area contributed by atoms with Crippen molar-refractivity contribution < 1.29 is 9.53 Å². The topological polar surface area (TPSA) is 63.2 Å². The molecule has 0 radical (unpaired) electrons. The van der Waals surface area contributed by atoms with Gasteiger partial charge in [-0.3, -0.25) is 4.79 Å². The molecule has 0 fully saturated rings. The van der Waals surface area contributed by atoms with Crippen LogP contribution in [0.25, 0.3) is 0 Å². The SMILES string of the molecule is CCC(C)Nc1ccc(C(=O)Nc2cc(C)c(Cl)cc2OC)nc1. The van der Waals surface area contributed by atoms with Crippen molar-refractivity contribution >= 4 is 28.9 Å². The van der Waals surface area contributed by atoms with Gasteiger partial charge in [0.25, 0.3) is 5.91 Å². The van der Waals surface area contributed by atoms with E-state index in [9.17, 15) is 4.79 Å². The number of nitrogens with zero attached hydrogens (tertiary/aromatic N) is 1. The van der Waals surface area contributed by atoms with Gasteiger partial charge in [-0.2, -0.15) is 0 Å². The number of carbonyl (C=O) groups is 1. The minimum absolute atomic E-state index is 0.301. The number of ether oxygens (including phenoxy) is 1. The zero-order chi connectivity index (χ0) is 17.7. The zero-order valence-corrected chi connectivity index (χ0v) is 15.1. The van der Waals surface area contributed by atoms with Crippen molar-refractivity contribution in [3.05, 3.63) is 46.7 Å². The number of carbonyl (C=O) groups excluding carboxylic acids is 1. The molecule has 1 aromatic heterocycles. The molecule has 0 aliphatic heterocycles. The summed E-state index contributed by atoms with van der Waals surface area (Å²) in [4.78, 5) is 16.6. The minimum Gasteiger partial charge on any atom is -0.495 e. The molecule has 24 heavy (non-hydrogen) atoms. The summed E-state index contributed by atoms with van der Waals surface area (Å²) in [5, 5.41) is 6.71. The van der Waals surface area contributed by atoms with Crippen LogP contribution in [-0.2, 0) is 0 Å². The number of methoxy groups -OCH3 is 1. The highest BCUT2D eigenvalue weighted by molar-refractivity contribution is 6.31. The van der Waals surface area contributed by atoms with Crippen LogP contribution in [0.2, 0.25) is 5.02 Å². The summed E-state index contributed by atoms with van der Waals surface area (Å²) >= 11 is 6.08. The van der Waals surface area contributed by atoms with E-state index in [4.69, 9.17) is 16.3 Å². The summed E-state index contributed by atoms with van der Waals surface area (Å²) in [7, 11) is 1.53. The van der Waals surface area contributed by atoms with Gasteiger partial charge in [0, 0.05) is 17.1 Å². The fourth-order valence-electron chi connectivity index (χ4n) is 2.12. The maximum absolute atomic E-state index is 12.4. The average Bonchev–Trinajstić information content (AvgIpc) is 2.58. The third-order valence-electron chi connectivity index (χ3n) is 3.75. The fraction of sp³-hybridized carbons (Fsp3) is 0.333. The van der Waals surface area contributed by atoms with Crippen LogP contribution in [-0.4, -0.2) is 24.0 Å². The molecule has 0 spiro atoms. The Morgan fingerprint density at radius 3 is 2.71 bits per heavy atom. The molecule has 0 aliphatic rings. The van der Waals surface area contributed by atoms with E-state index >= 15 is 0 Å². The standard InChI is InChI=1S/C18H22ClN3O2/c1-5-12(3)21-13-6-7-15(20-10-13)18(23)22-16-8-11(2)14(19)9-17(16)24-4/h6-10,12,21H,5H2,1-4H3,(H,22,23). The van der Waals surface area contributed by atoms with E-state index in [1.54, 1.807) is 24.4 Å². The lowest BCUT2D eigenvalue weighted by Crippen LogP contribution is -2.16. The van der Waals surface area contributed by atoms with Crippen LogP contribution in [0, 0.1) is 6.92 Å². The van der Waals surface area contributed by atoms with E-state index in [0.717, 1.165) is 17.7 Å². The Labute approximate surface area is 147 Å². The van der Waals surface area contributed by atoms with Gasteiger partial charge < -0.3 is 15.4 Å². The van der Waals surface area contributed by atoms with E-state index in [1.165, 1.54) is 7.11 Å². The van der Waals surface area contributed by atoms with Crippen molar-refractivity contribution in [2.45, 2.75) is 33.2 Å². The van der Waals surface area contributed by atoms with Crippen LogP contribution in [0.15, 0.2) is 30.5 Å². The highest BCUT2D eigenvalue weighted by atomic mass is 35.5. The minimum atomic E-state index is -0.301. The van der Waals surface area contributed by atoms with Crippen molar-refractivity contribution in [3.63, 3.8) is 0 Å². The molecule has 128 valence electrons. The summed E-state index contributed by atoms with van der Waals surface area (Å²) < 4.78 is 5.26. The third-order valence-corrected chi connectivity index (χ3v) is 4.16. The lowest BCUT2D eigenvalue weighted by molar-refractivity contribution is 0.102. The molecule has 5 nitrogen and oxygen atoms in total. The normalized spacial score (nSPS) is 11.7. The highest BCUT2D eigenvalue weighted by Crippen LogP contribution is 2.31. The van der Waals surface area contributed by atoms with Crippen LogP contribution >= 0.6 is 11.6 Å². The Morgan fingerprint density at radius 2 is 2.12 bits per heavy atom. The molecule has 0 aliphatic carbocycles. The van der Waals surface area contributed by atoms with Crippen molar-refractivity contribution in [1.29, 1.82) is 0 Å². The van der Waals surface area contributed by atoms with Crippen LogP contribution in [0.5, 0.6) is 5.75 Å². The molecular formula is C18H22ClN3O2. The van der Waals surface area contributed by atoms with Crippen LogP contribution in [0.3, 0.4) is 0 Å². The lowest BCUT2D eigenvalue weighted by Gasteiger charge is -2.14. The highest BCUT2D eigenvalue weighted by Gasteiger charge is 2.13. The second-order valence-electron chi connectivity index (χ2n) is 5.64. The first-order valence-electron chi connectivity index (χ1n) is 7.82. The Hall–Kier alpha value is -2.27. The van der Waals surface area contributed by atoms with Gasteiger partial charge in [-0.15, -0.1) is 0 Å². The molecule has 0 bridgehead atoms. The monoisotopic (exact) mass is 347 g/mol. The summed E-state index contributed by atoms with van der Waals surface area (Å²) in [5.74, 6) is 0.208. The van der Waals surface area contributed by atoms with Crippen molar-refractivity contribution in [2.75, 3.05) is 17.7 Å². The van der Waals surface area contributed by atoms with Gasteiger partial charge in [-0.25, -0.2) is 4.98 Å². The Kier molecular flexibility index (Phi) is 6.04. The second kappa shape index (κ2) is 8.02. The Morgan fingerprint density at radius 1 is 1.38 bits per heavy atom. The Bertz CT molecular complexity index is 717. The summed E-state index contributed by atoms with van der Waals surface area (Å²) in [6.07, 6.45) is 2.67. The van der Waals surface area contributed by atoms with E-state index < -0.39 is 0 Å². The van der Waals surface area contributed by atoms with Gasteiger partial charge in [-0.05, 0) is 44.0 Å². The van der Waals surface area contributed by atoms with Crippen molar-refractivity contribution in [1.82, 2.24) is 4.98 Å². The van der Waals surface area contributed by atoms with E-state index in [0.29, 0.717) is 28.2 Å². The molecule has 2 rings (SSSR count). The number of amides is 1. The van der Waals surface area contributed by atoms with Gasteiger partial charge in [0.2, 0.25) is 0 Å². The number of hydrogen-bond acceptors (Lipinski definition) is 4. The first kappa shape index (κ1) is 18.1. The summed E-state index contributed by atoms with van der Waals surface area (Å²) in [6, 6.07) is 7.35. The molecular weight excluding hydrogens is 326 g/mol. The van der Waals surface area contributed by atoms with Gasteiger partial charge in [0.15, 0.2) is 0 Å². The smallest absolute Gasteiger partial charge is 0.274 e. The van der Waals surface area contributed by atoms with Gasteiger partial charge >= 0.3 is 0 Å². The quantitative estimate of drug-likeness (QED) is 0.806. The molecule has 2 N–H and O–H groups in total. The molecule has 1 heterocycles. The predicted octanol–water partition coefficient (Wildman–Crippen LogP) is 4.51. The second-order valence-corrected chi connectivity index (χ2v) is 6.05. The number of aryl methyl sites for hydroxylation is 1. The van der Waals surface area contributed by atoms with Gasteiger partial charge in [-0.1, -0.05) is 18.5 Å². The molecule has 1 amide bonds. The molecule has 0 saturated carbocycles. The number of hydrogen-bond donors (Lipinski definition) is 2. The summed E-state index contributed by atoms with van der Waals surface area (Å²) in [6.45, 7) is 6.06. The van der Waals surface area contributed by atoms with Crippen molar-refractivity contribution in [2.24, 2.45) is 0 Å². The number of nitrogens with one attached hydrogen (secondary N) is 2. The number of aromatic nitrogens is 1. The third kappa shape index (κ3) is 4.38. The van der Waals surface area contributed by atoms with Crippen LogP contribution < -0.4 is 15.4 Å². The molecule has 1 aromatic carbocycles. The Balaban J connectivity index is 2.14. The van der Waals surface area contributed by atoms with Crippen LogP contribution in [0.4, 0.5) is 11.4 Å². The average molecular weight is 348 g/mol. The van der Waals surface area contributed by atoms with Crippen LogP contribution in [0.1, 0.15) is 36.3 Å². The van der Waals surface area contributed by atoms with Gasteiger partial charge in [0.05, 0.1) is 24.7 Å². The lowest BCUT2D eigenvalue weighted by atomic mass is 10.2. The maximum Gasteiger partial charge on any atom is 0.274 e. The first-order valence-corrected chi connectivity index (χ1v) is 8.20. The number of pyridine rings is 1. The summed E-state index contributed by atoms with van der Waals surface area (Å²) in [5.41, 5.74) is 2.64. The number of benzene rings is 1. The molecule has 1 atom stereocenters.